The van der Waals surface area contributed by atoms with Crippen LogP contribution in [0.5, 0.6) is 5.75 Å². The summed E-state index contributed by atoms with van der Waals surface area (Å²) in [7, 11) is 0. The number of benzene rings is 1. The third-order valence-corrected chi connectivity index (χ3v) is 4.20. The molecule has 0 bridgehead atoms. The van der Waals surface area contributed by atoms with Crippen molar-refractivity contribution in [2.45, 2.75) is 33.4 Å². The molecule has 0 saturated carbocycles. The van der Waals surface area contributed by atoms with Crippen molar-refractivity contribution in [3.05, 3.63) is 45.7 Å². The number of rotatable bonds is 6. The molecular formula is C15H19BrN2O2. The van der Waals surface area contributed by atoms with E-state index in [1.165, 1.54) is 0 Å². The van der Waals surface area contributed by atoms with E-state index in [1.54, 1.807) is 0 Å². The molecule has 0 amide bonds. The zero-order chi connectivity index (χ0) is 14.5. The lowest BCUT2D eigenvalue weighted by molar-refractivity contribution is 0.277. The predicted molar refractivity (Wildman–Crippen MR) is 81.9 cm³/mol. The normalized spacial score (nSPS) is 10.8. The monoisotopic (exact) mass is 338 g/mol. The summed E-state index contributed by atoms with van der Waals surface area (Å²) in [4.78, 5) is 0. The maximum absolute atomic E-state index is 9.08. The molecule has 4 nitrogen and oxygen atoms in total. The number of aliphatic hydroxyl groups excluding tert-OH is 1. The lowest BCUT2D eigenvalue weighted by Gasteiger charge is -2.12. The van der Waals surface area contributed by atoms with E-state index in [-0.39, 0.29) is 6.61 Å². The Bertz CT molecular complexity index is 581. The summed E-state index contributed by atoms with van der Waals surface area (Å²) in [6, 6.07) is 7.79. The number of aromatic nitrogens is 2. The number of halogens is 1. The lowest BCUT2D eigenvalue weighted by Crippen LogP contribution is -2.07. The summed E-state index contributed by atoms with van der Waals surface area (Å²) in [5.41, 5.74) is 3.02. The second-order valence-electron chi connectivity index (χ2n) is 4.53. The Balaban J connectivity index is 2.17. The molecule has 108 valence electrons. The fourth-order valence-corrected chi connectivity index (χ4v) is 2.52. The van der Waals surface area contributed by atoms with E-state index >= 15 is 0 Å². The number of hydrogen-bond acceptors (Lipinski definition) is 3. The smallest absolute Gasteiger partial charge is 0.131 e. The van der Waals surface area contributed by atoms with Gasteiger partial charge < -0.3 is 9.84 Å². The summed E-state index contributed by atoms with van der Waals surface area (Å²) in [6.45, 7) is 5.42. The average Bonchev–Trinajstić information content (AvgIpc) is 2.74. The van der Waals surface area contributed by atoms with Crippen molar-refractivity contribution >= 4 is 15.9 Å². The summed E-state index contributed by atoms with van der Waals surface area (Å²) < 4.78 is 8.85. The molecule has 0 aliphatic carbocycles. The molecule has 5 heteroatoms. The van der Waals surface area contributed by atoms with Crippen LogP contribution in [-0.2, 0) is 19.6 Å². The molecule has 20 heavy (non-hydrogen) atoms. The van der Waals surface area contributed by atoms with Gasteiger partial charge in [-0.2, -0.15) is 5.10 Å². The van der Waals surface area contributed by atoms with Crippen molar-refractivity contribution in [3.63, 3.8) is 0 Å². The highest BCUT2D eigenvalue weighted by molar-refractivity contribution is 9.10. The molecule has 0 atom stereocenters. The molecule has 1 heterocycles. The van der Waals surface area contributed by atoms with Gasteiger partial charge in [0.25, 0.3) is 0 Å². The van der Waals surface area contributed by atoms with Crippen LogP contribution >= 0.6 is 15.9 Å². The van der Waals surface area contributed by atoms with Gasteiger partial charge in [-0.1, -0.05) is 18.2 Å². The predicted octanol–water partition coefficient (Wildman–Crippen LogP) is 3.09. The Morgan fingerprint density at radius 2 is 2.10 bits per heavy atom. The first-order chi connectivity index (χ1) is 9.67. The van der Waals surface area contributed by atoms with Gasteiger partial charge in [-0.25, -0.2) is 0 Å². The summed E-state index contributed by atoms with van der Waals surface area (Å²) in [5.74, 6) is 0.815. The molecule has 1 N–H and O–H groups in total. The molecular weight excluding hydrogens is 320 g/mol. The van der Waals surface area contributed by atoms with Crippen LogP contribution in [-0.4, -0.2) is 21.5 Å². The zero-order valence-electron chi connectivity index (χ0n) is 11.8. The van der Waals surface area contributed by atoms with Gasteiger partial charge in [-0.05, 0) is 47.8 Å². The van der Waals surface area contributed by atoms with Crippen molar-refractivity contribution in [3.8, 4) is 5.75 Å². The Hall–Kier alpha value is -1.33. The van der Waals surface area contributed by atoms with E-state index in [2.05, 4.69) is 28.0 Å². The largest absolute Gasteiger partial charge is 0.487 e. The number of para-hydroxylation sites is 1. The van der Waals surface area contributed by atoms with E-state index in [4.69, 9.17) is 9.84 Å². The highest BCUT2D eigenvalue weighted by Gasteiger charge is 2.13. The summed E-state index contributed by atoms with van der Waals surface area (Å²) in [5, 5.41) is 13.5. The van der Waals surface area contributed by atoms with Crippen molar-refractivity contribution in [1.29, 1.82) is 0 Å². The average molecular weight is 339 g/mol. The molecule has 0 fully saturated rings. The molecule has 0 aliphatic heterocycles. The van der Waals surface area contributed by atoms with Crippen LogP contribution in [0.1, 0.15) is 23.9 Å². The second-order valence-corrected chi connectivity index (χ2v) is 5.32. The van der Waals surface area contributed by atoms with E-state index in [1.807, 2.05) is 35.9 Å². The Kier molecular flexibility index (Phi) is 5.20. The third-order valence-electron chi connectivity index (χ3n) is 3.17. The number of aliphatic hydroxyl groups is 1. The molecule has 2 rings (SSSR count). The van der Waals surface area contributed by atoms with Crippen LogP contribution in [0.2, 0.25) is 0 Å². The second kappa shape index (κ2) is 6.90. The van der Waals surface area contributed by atoms with Crippen LogP contribution in [0, 0.1) is 6.92 Å². The number of nitrogens with zero attached hydrogens (tertiary/aromatic N) is 2. The van der Waals surface area contributed by atoms with E-state index in [0.717, 1.165) is 33.7 Å². The van der Waals surface area contributed by atoms with E-state index in [0.29, 0.717) is 13.0 Å². The Morgan fingerprint density at radius 3 is 2.80 bits per heavy atom. The topological polar surface area (TPSA) is 47.3 Å². The SMILES string of the molecule is CCn1nc(C)c(Br)c1COc1ccccc1CCO. The van der Waals surface area contributed by atoms with Crippen LogP contribution < -0.4 is 4.74 Å². The van der Waals surface area contributed by atoms with Gasteiger partial charge in [0.15, 0.2) is 0 Å². The summed E-state index contributed by atoms with van der Waals surface area (Å²) >= 11 is 3.56. The van der Waals surface area contributed by atoms with Gasteiger partial charge in [0, 0.05) is 13.2 Å². The van der Waals surface area contributed by atoms with Crippen LogP contribution in [0.25, 0.3) is 0 Å². The van der Waals surface area contributed by atoms with Gasteiger partial charge in [0.2, 0.25) is 0 Å². The van der Waals surface area contributed by atoms with Gasteiger partial charge in [0.1, 0.15) is 12.4 Å². The third kappa shape index (κ3) is 3.22. The molecule has 0 unspecified atom stereocenters. The minimum Gasteiger partial charge on any atom is -0.487 e. The van der Waals surface area contributed by atoms with Gasteiger partial charge in [0.05, 0.1) is 15.9 Å². The number of aryl methyl sites for hydroxylation is 2. The van der Waals surface area contributed by atoms with Crippen LogP contribution in [0.15, 0.2) is 28.7 Å². The fraction of sp³-hybridized carbons (Fsp3) is 0.400. The molecule has 1 aromatic carbocycles. The molecule has 2 aromatic rings. The summed E-state index contributed by atoms with van der Waals surface area (Å²) in [6.07, 6.45) is 0.601. The molecule has 1 aromatic heterocycles. The van der Waals surface area contributed by atoms with Gasteiger partial charge >= 0.3 is 0 Å². The van der Waals surface area contributed by atoms with Gasteiger partial charge in [-0.3, -0.25) is 4.68 Å². The molecule has 0 radical (unpaired) electrons. The first-order valence-corrected chi connectivity index (χ1v) is 7.50. The van der Waals surface area contributed by atoms with Crippen molar-refractivity contribution in [1.82, 2.24) is 9.78 Å². The minimum absolute atomic E-state index is 0.121. The molecule has 0 saturated heterocycles. The fourth-order valence-electron chi connectivity index (χ4n) is 2.12. The maximum atomic E-state index is 9.08. The number of ether oxygens (including phenoxy) is 1. The quantitative estimate of drug-likeness (QED) is 0.880. The van der Waals surface area contributed by atoms with Crippen molar-refractivity contribution in [2.75, 3.05) is 6.61 Å². The first kappa shape index (κ1) is 15.1. The first-order valence-electron chi connectivity index (χ1n) is 6.70. The van der Waals surface area contributed by atoms with Crippen molar-refractivity contribution < 1.29 is 9.84 Å². The standard InChI is InChI=1S/C15H19BrN2O2/c1-3-18-13(15(16)11(2)17-18)10-20-14-7-5-4-6-12(14)8-9-19/h4-7,19H,3,8-10H2,1-2H3. The van der Waals surface area contributed by atoms with E-state index in [9.17, 15) is 0 Å². The molecule has 0 spiro atoms. The Labute approximate surface area is 127 Å². The minimum atomic E-state index is 0.121. The molecule has 0 aliphatic rings. The highest BCUT2D eigenvalue weighted by Crippen LogP contribution is 2.24. The maximum Gasteiger partial charge on any atom is 0.131 e. The van der Waals surface area contributed by atoms with Crippen LogP contribution in [0.4, 0.5) is 0 Å². The number of hydrogen-bond donors (Lipinski definition) is 1. The Morgan fingerprint density at radius 1 is 1.35 bits per heavy atom. The van der Waals surface area contributed by atoms with Gasteiger partial charge in [-0.15, -0.1) is 0 Å². The highest BCUT2D eigenvalue weighted by atomic mass is 79.9. The van der Waals surface area contributed by atoms with Crippen LogP contribution in [0.3, 0.4) is 0 Å². The van der Waals surface area contributed by atoms with E-state index < -0.39 is 0 Å². The lowest BCUT2D eigenvalue weighted by atomic mass is 10.1. The van der Waals surface area contributed by atoms with Crippen molar-refractivity contribution in [2.24, 2.45) is 0 Å². The zero-order valence-corrected chi connectivity index (χ0v) is 13.4.